The largest absolute Gasteiger partial charge is 0.352 e. The predicted molar refractivity (Wildman–Crippen MR) is 83.1 cm³/mol. The number of benzene rings is 2. The second kappa shape index (κ2) is 6.85. The molecule has 0 radical (unpaired) electrons. The van der Waals surface area contributed by atoms with Gasteiger partial charge in [0.2, 0.25) is 5.91 Å². The molecule has 2 aromatic carbocycles. The summed E-state index contributed by atoms with van der Waals surface area (Å²) in [7, 11) is 0. The molecular formula is C17H17FN2O2. The lowest BCUT2D eigenvalue weighted by atomic mass is 10.1. The minimum absolute atomic E-state index is 0.114. The quantitative estimate of drug-likeness (QED) is 0.912. The molecule has 0 aliphatic rings. The zero-order valence-corrected chi connectivity index (χ0v) is 12.4. The van der Waals surface area contributed by atoms with Crippen molar-refractivity contribution in [2.24, 2.45) is 0 Å². The summed E-state index contributed by atoms with van der Waals surface area (Å²) in [6.45, 7) is 3.63. The fourth-order valence-electron chi connectivity index (χ4n) is 1.92. The first-order chi connectivity index (χ1) is 10.5. The van der Waals surface area contributed by atoms with E-state index < -0.39 is 5.82 Å². The van der Waals surface area contributed by atoms with E-state index in [-0.39, 0.29) is 17.5 Å². The minimum Gasteiger partial charge on any atom is -0.352 e. The third kappa shape index (κ3) is 4.15. The molecular weight excluding hydrogens is 283 g/mol. The average molecular weight is 300 g/mol. The summed E-state index contributed by atoms with van der Waals surface area (Å²) in [4.78, 5) is 22.9. The van der Waals surface area contributed by atoms with Gasteiger partial charge in [-0.05, 0) is 42.3 Å². The standard InChI is InChI=1S/C17H17FN2O2/c1-11-3-8-16(15(18)9-11)20-17(22)14-6-4-13(5-7-14)10-19-12(2)21/h3-9H,10H2,1-2H3,(H,19,21)(H,20,22). The van der Waals surface area contributed by atoms with Gasteiger partial charge in [-0.3, -0.25) is 9.59 Å². The Kier molecular flexibility index (Phi) is 4.88. The van der Waals surface area contributed by atoms with Gasteiger partial charge in [0.1, 0.15) is 5.82 Å². The van der Waals surface area contributed by atoms with Crippen molar-refractivity contribution in [1.29, 1.82) is 0 Å². The molecule has 114 valence electrons. The van der Waals surface area contributed by atoms with E-state index in [1.54, 1.807) is 37.3 Å². The lowest BCUT2D eigenvalue weighted by Gasteiger charge is -2.08. The molecule has 2 rings (SSSR count). The monoisotopic (exact) mass is 300 g/mol. The van der Waals surface area contributed by atoms with Gasteiger partial charge < -0.3 is 10.6 Å². The van der Waals surface area contributed by atoms with Crippen molar-refractivity contribution in [3.05, 3.63) is 65.0 Å². The number of anilines is 1. The van der Waals surface area contributed by atoms with Crippen LogP contribution in [0.4, 0.5) is 10.1 Å². The van der Waals surface area contributed by atoms with Crippen LogP contribution < -0.4 is 10.6 Å². The van der Waals surface area contributed by atoms with Crippen LogP contribution in [0.3, 0.4) is 0 Å². The molecule has 0 spiro atoms. The summed E-state index contributed by atoms with van der Waals surface area (Å²) in [6, 6.07) is 11.4. The maximum Gasteiger partial charge on any atom is 0.255 e. The highest BCUT2D eigenvalue weighted by molar-refractivity contribution is 6.04. The van der Waals surface area contributed by atoms with Crippen molar-refractivity contribution in [3.8, 4) is 0 Å². The Bertz CT molecular complexity index is 696. The van der Waals surface area contributed by atoms with Crippen LogP contribution in [0.2, 0.25) is 0 Å². The number of nitrogens with one attached hydrogen (secondary N) is 2. The van der Waals surface area contributed by atoms with Crippen LogP contribution in [0.1, 0.15) is 28.4 Å². The second-order valence-electron chi connectivity index (χ2n) is 5.04. The molecule has 0 fully saturated rings. The van der Waals surface area contributed by atoms with E-state index in [0.717, 1.165) is 11.1 Å². The van der Waals surface area contributed by atoms with Gasteiger partial charge >= 0.3 is 0 Å². The Labute approximate surface area is 128 Å². The van der Waals surface area contributed by atoms with Crippen LogP contribution in [-0.4, -0.2) is 11.8 Å². The summed E-state index contributed by atoms with van der Waals surface area (Å²) in [5, 5.41) is 5.21. The zero-order valence-electron chi connectivity index (χ0n) is 12.4. The molecule has 0 saturated carbocycles. The van der Waals surface area contributed by atoms with E-state index in [1.165, 1.54) is 19.1 Å². The van der Waals surface area contributed by atoms with Crippen LogP contribution in [0.15, 0.2) is 42.5 Å². The van der Waals surface area contributed by atoms with Gasteiger partial charge in [-0.2, -0.15) is 0 Å². The van der Waals surface area contributed by atoms with Gasteiger partial charge in [-0.15, -0.1) is 0 Å². The normalized spacial score (nSPS) is 10.1. The molecule has 5 heteroatoms. The van der Waals surface area contributed by atoms with E-state index in [4.69, 9.17) is 0 Å². The van der Waals surface area contributed by atoms with Crippen LogP contribution in [-0.2, 0) is 11.3 Å². The molecule has 4 nitrogen and oxygen atoms in total. The van der Waals surface area contributed by atoms with E-state index in [1.807, 2.05) is 0 Å². The smallest absolute Gasteiger partial charge is 0.255 e. The Morgan fingerprint density at radius 1 is 1.09 bits per heavy atom. The lowest BCUT2D eigenvalue weighted by Crippen LogP contribution is -2.19. The fraction of sp³-hybridized carbons (Fsp3) is 0.176. The van der Waals surface area contributed by atoms with Gasteiger partial charge in [0.25, 0.3) is 5.91 Å². The number of amides is 2. The number of carbonyl (C=O) groups is 2. The van der Waals surface area contributed by atoms with Crippen molar-refractivity contribution in [3.63, 3.8) is 0 Å². The SMILES string of the molecule is CC(=O)NCc1ccc(C(=O)Nc2ccc(C)cc2F)cc1. The molecule has 0 atom stereocenters. The summed E-state index contributed by atoms with van der Waals surface area (Å²) < 4.78 is 13.7. The van der Waals surface area contributed by atoms with E-state index in [2.05, 4.69) is 10.6 Å². The highest BCUT2D eigenvalue weighted by atomic mass is 19.1. The third-order valence-electron chi connectivity index (χ3n) is 3.13. The second-order valence-corrected chi connectivity index (χ2v) is 5.04. The fourth-order valence-corrected chi connectivity index (χ4v) is 1.92. The first-order valence-corrected chi connectivity index (χ1v) is 6.86. The number of aryl methyl sites for hydroxylation is 1. The lowest BCUT2D eigenvalue weighted by molar-refractivity contribution is -0.119. The minimum atomic E-state index is -0.462. The summed E-state index contributed by atoms with van der Waals surface area (Å²) in [5.74, 6) is -0.957. The third-order valence-corrected chi connectivity index (χ3v) is 3.13. The van der Waals surface area contributed by atoms with Crippen LogP contribution >= 0.6 is 0 Å². The Morgan fingerprint density at radius 3 is 2.36 bits per heavy atom. The van der Waals surface area contributed by atoms with Crippen molar-refractivity contribution in [1.82, 2.24) is 5.32 Å². The van der Waals surface area contributed by atoms with Gasteiger partial charge in [-0.25, -0.2) is 4.39 Å². The van der Waals surface area contributed by atoms with Gasteiger partial charge in [0, 0.05) is 19.0 Å². The first-order valence-electron chi connectivity index (χ1n) is 6.86. The molecule has 22 heavy (non-hydrogen) atoms. The van der Waals surface area contributed by atoms with Crippen molar-refractivity contribution in [2.75, 3.05) is 5.32 Å². The van der Waals surface area contributed by atoms with E-state index in [9.17, 15) is 14.0 Å². The molecule has 0 saturated heterocycles. The molecule has 0 bridgehead atoms. The summed E-state index contributed by atoms with van der Waals surface area (Å²) in [5.41, 5.74) is 2.25. The number of halogens is 1. The Morgan fingerprint density at radius 2 is 1.77 bits per heavy atom. The number of hydrogen-bond acceptors (Lipinski definition) is 2. The van der Waals surface area contributed by atoms with E-state index >= 15 is 0 Å². The molecule has 0 heterocycles. The molecule has 2 N–H and O–H groups in total. The molecule has 0 unspecified atom stereocenters. The highest BCUT2D eigenvalue weighted by Gasteiger charge is 2.09. The maximum absolute atomic E-state index is 13.7. The molecule has 2 aromatic rings. The van der Waals surface area contributed by atoms with Crippen molar-refractivity contribution >= 4 is 17.5 Å². The number of hydrogen-bond donors (Lipinski definition) is 2. The first kappa shape index (κ1) is 15.7. The predicted octanol–water partition coefficient (Wildman–Crippen LogP) is 3.02. The maximum atomic E-state index is 13.7. The van der Waals surface area contributed by atoms with Gasteiger partial charge in [0.15, 0.2) is 0 Å². The van der Waals surface area contributed by atoms with Crippen LogP contribution in [0.25, 0.3) is 0 Å². The average Bonchev–Trinajstić information content (AvgIpc) is 2.48. The molecule has 0 aliphatic carbocycles. The Balaban J connectivity index is 2.04. The van der Waals surface area contributed by atoms with E-state index in [0.29, 0.717) is 12.1 Å². The van der Waals surface area contributed by atoms with Gasteiger partial charge in [-0.1, -0.05) is 18.2 Å². The summed E-state index contributed by atoms with van der Waals surface area (Å²) >= 11 is 0. The van der Waals surface area contributed by atoms with Crippen molar-refractivity contribution < 1.29 is 14.0 Å². The molecule has 0 aliphatic heterocycles. The topological polar surface area (TPSA) is 58.2 Å². The molecule has 2 amide bonds. The number of rotatable bonds is 4. The van der Waals surface area contributed by atoms with Crippen LogP contribution in [0, 0.1) is 12.7 Å². The number of carbonyl (C=O) groups excluding carboxylic acids is 2. The summed E-state index contributed by atoms with van der Waals surface area (Å²) in [6.07, 6.45) is 0. The van der Waals surface area contributed by atoms with Crippen molar-refractivity contribution in [2.45, 2.75) is 20.4 Å². The van der Waals surface area contributed by atoms with Crippen LogP contribution in [0.5, 0.6) is 0 Å². The molecule has 0 aromatic heterocycles. The van der Waals surface area contributed by atoms with Gasteiger partial charge in [0.05, 0.1) is 5.69 Å². The zero-order chi connectivity index (χ0) is 16.1. The Hall–Kier alpha value is -2.69. The highest BCUT2D eigenvalue weighted by Crippen LogP contribution is 2.16.